The molecule has 3 heterocycles. The Morgan fingerprint density at radius 3 is 2.76 bits per heavy atom. The summed E-state index contributed by atoms with van der Waals surface area (Å²) in [6.07, 6.45) is 0. The van der Waals surface area contributed by atoms with E-state index in [1.807, 2.05) is 13.8 Å². The van der Waals surface area contributed by atoms with Gasteiger partial charge in [0.25, 0.3) is 0 Å². The molecule has 0 radical (unpaired) electrons. The number of aromatic nitrogens is 3. The fourth-order valence-corrected chi connectivity index (χ4v) is 4.16. The number of hydrogen-bond donors (Lipinski definition) is 2. The van der Waals surface area contributed by atoms with Gasteiger partial charge in [0.2, 0.25) is 0 Å². The standard InChI is InChI=1S/C18H14FN5S/c1-9-13(7-20)10(2)22-18-14(9)15-16(25-18)17(24-23-15)21-8-11-3-5-12(19)6-4-11/h3-6H,8H2,1-2H3,(H2,21,23,24). The first-order valence-corrected chi connectivity index (χ1v) is 8.56. The first-order chi connectivity index (χ1) is 12.1. The van der Waals surface area contributed by atoms with E-state index in [4.69, 9.17) is 0 Å². The molecule has 3 aromatic heterocycles. The molecule has 0 aliphatic heterocycles. The second kappa shape index (κ2) is 5.83. The van der Waals surface area contributed by atoms with Gasteiger partial charge in [0.1, 0.15) is 16.7 Å². The number of thiophene rings is 1. The zero-order chi connectivity index (χ0) is 17.6. The Labute approximate surface area is 147 Å². The lowest BCUT2D eigenvalue weighted by molar-refractivity contribution is 0.627. The van der Waals surface area contributed by atoms with Crippen LogP contribution in [-0.4, -0.2) is 15.2 Å². The van der Waals surface area contributed by atoms with Crippen LogP contribution in [0.15, 0.2) is 24.3 Å². The molecule has 0 saturated heterocycles. The zero-order valence-corrected chi connectivity index (χ0v) is 14.5. The van der Waals surface area contributed by atoms with Crippen LogP contribution in [0.4, 0.5) is 10.2 Å². The molecular weight excluding hydrogens is 337 g/mol. The highest BCUT2D eigenvalue weighted by molar-refractivity contribution is 7.26. The van der Waals surface area contributed by atoms with Gasteiger partial charge in [-0.3, -0.25) is 5.10 Å². The molecule has 0 aliphatic rings. The van der Waals surface area contributed by atoms with Crippen molar-refractivity contribution in [2.24, 2.45) is 0 Å². The average molecular weight is 351 g/mol. The Hall–Kier alpha value is -2.98. The van der Waals surface area contributed by atoms with E-state index in [1.165, 1.54) is 12.1 Å². The number of halogens is 1. The number of nitriles is 1. The van der Waals surface area contributed by atoms with E-state index in [9.17, 15) is 9.65 Å². The molecule has 25 heavy (non-hydrogen) atoms. The first kappa shape index (κ1) is 15.5. The van der Waals surface area contributed by atoms with Crippen molar-refractivity contribution in [1.82, 2.24) is 15.2 Å². The van der Waals surface area contributed by atoms with E-state index in [-0.39, 0.29) is 5.82 Å². The highest BCUT2D eigenvalue weighted by atomic mass is 32.1. The molecule has 0 spiro atoms. The van der Waals surface area contributed by atoms with Gasteiger partial charge in [-0.1, -0.05) is 12.1 Å². The van der Waals surface area contributed by atoms with Gasteiger partial charge in [0, 0.05) is 11.9 Å². The minimum absolute atomic E-state index is 0.249. The molecule has 0 saturated carbocycles. The number of aromatic amines is 1. The summed E-state index contributed by atoms with van der Waals surface area (Å²) >= 11 is 1.54. The van der Waals surface area contributed by atoms with Crippen molar-refractivity contribution in [2.75, 3.05) is 5.32 Å². The summed E-state index contributed by atoms with van der Waals surface area (Å²) in [6, 6.07) is 8.59. The Morgan fingerprint density at radius 2 is 2.04 bits per heavy atom. The third-order valence-electron chi connectivity index (χ3n) is 4.25. The maximum Gasteiger partial charge on any atom is 0.166 e. The lowest BCUT2D eigenvalue weighted by Gasteiger charge is -2.03. The summed E-state index contributed by atoms with van der Waals surface area (Å²) in [6.45, 7) is 4.34. The molecule has 2 N–H and O–H groups in total. The molecule has 124 valence electrons. The summed E-state index contributed by atoms with van der Waals surface area (Å²) in [7, 11) is 0. The van der Waals surface area contributed by atoms with Crippen LogP contribution in [-0.2, 0) is 6.54 Å². The van der Waals surface area contributed by atoms with Crippen LogP contribution in [0, 0.1) is 31.0 Å². The van der Waals surface area contributed by atoms with Gasteiger partial charge in [-0.15, -0.1) is 11.3 Å². The van der Waals surface area contributed by atoms with E-state index >= 15 is 0 Å². The predicted molar refractivity (Wildman–Crippen MR) is 97.2 cm³/mol. The van der Waals surface area contributed by atoms with Crippen LogP contribution >= 0.6 is 11.3 Å². The second-order valence-electron chi connectivity index (χ2n) is 5.85. The number of pyridine rings is 1. The van der Waals surface area contributed by atoms with Gasteiger partial charge in [-0.25, -0.2) is 9.37 Å². The summed E-state index contributed by atoms with van der Waals surface area (Å²) < 4.78 is 14.0. The van der Waals surface area contributed by atoms with E-state index in [0.717, 1.165) is 43.1 Å². The normalized spacial score (nSPS) is 11.1. The van der Waals surface area contributed by atoms with Crippen LogP contribution in [0.2, 0.25) is 0 Å². The van der Waals surface area contributed by atoms with Crippen LogP contribution in [0.3, 0.4) is 0 Å². The number of rotatable bonds is 3. The van der Waals surface area contributed by atoms with Crippen molar-refractivity contribution < 1.29 is 4.39 Å². The second-order valence-corrected chi connectivity index (χ2v) is 6.85. The fraction of sp³-hybridized carbons (Fsp3) is 0.167. The Kier molecular flexibility index (Phi) is 3.62. The molecule has 0 bridgehead atoms. The number of hydrogen-bond acceptors (Lipinski definition) is 5. The molecule has 0 aliphatic carbocycles. The van der Waals surface area contributed by atoms with Crippen molar-refractivity contribution in [3.63, 3.8) is 0 Å². The highest BCUT2D eigenvalue weighted by Crippen LogP contribution is 2.38. The fourth-order valence-electron chi connectivity index (χ4n) is 2.96. The monoisotopic (exact) mass is 351 g/mol. The quantitative estimate of drug-likeness (QED) is 0.573. The van der Waals surface area contributed by atoms with Crippen LogP contribution in [0.1, 0.15) is 22.4 Å². The SMILES string of the molecule is Cc1nc2sc3c(NCc4ccc(F)cc4)n[nH]c3c2c(C)c1C#N. The zero-order valence-electron chi connectivity index (χ0n) is 13.6. The molecule has 7 heteroatoms. The number of H-pyrrole nitrogens is 1. The van der Waals surface area contributed by atoms with Crippen LogP contribution < -0.4 is 5.32 Å². The molecular formula is C18H14FN5S. The molecule has 0 unspecified atom stereocenters. The minimum atomic E-state index is -0.249. The van der Waals surface area contributed by atoms with Gasteiger partial charge in [-0.2, -0.15) is 10.4 Å². The first-order valence-electron chi connectivity index (χ1n) is 7.74. The lowest BCUT2D eigenvalue weighted by atomic mass is 10.1. The largest absolute Gasteiger partial charge is 0.363 e. The van der Waals surface area contributed by atoms with Crippen LogP contribution in [0.25, 0.3) is 20.4 Å². The van der Waals surface area contributed by atoms with Crippen molar-refractivity contribution in [1.29, 1.82) is 5.26 Å². The number of nitrogens with one attached hydrogen (secondary N) is 2. The summed E-state index contributed by atoms with van der Waals surface area (Å²) in [5.74, 6) is 0.485. The number of benzene rings is 1. The summed E-state index contributed by atoms with van der Waals surface area (Å²) in [4.78, 5) is 5.46. The van der Waals surface area contributed by atoms with E-state index < -0.39 is 0 Å². The van der Waals surface area contributed by atoms with Crippen molar-refractivity contribution in [3.05, 3.63) is 52.5 Å². The minimum Gasteiger partial charge on any atom is -0.363 e. The molecule has 0 atom stereocenters. The molecule has 1 aromatic carbocycles. The topological polar surface area (TPSA) is 77.4 Å². The number of nitrogens with zero attached hydrogens (tertiary/aromatic N) is 3. The van der Waals surface area contributed by atoms with Gasteiger partial charge in [-0.05, 0) is 37.1 Å². The highest BCUT2D eigenvalue weighted by Gasteiger charge is 2.18. The van der Waals surface area contributed by atoms with Crippen LogP contribution in [0.5, 0.6) is 0 Å². The third-order valence-corrected chi connectivity index (χ3v) is 5.34. The number of anilines is 1. The molecule has 0 amide bonds. The molecule has 4 rings (SSSR count). The Balaban J connectivity index is 1.75. The molecule has 0 fully saturated rings. The van der Waals surface area contributed by atoms with Gasteiger partial charge in [0.15, 0.2) is 5.82 Å². The van der Waals surface area contributed by atoms with Gasteiger partial charge in [0.05, 0.1) is 21.5 Å². The maximum absolute atomic E-state index is 13.0. The Morgan fingerprint density at radius 1 is 1.28 bits per heavy atom. The lowest BCUT2D eigenvalue weighted by Crippen LogP contribution is -1.99. The summed E-state index contributed by atoms with van der Waals surface area (Å²) in [5.41, 5.74) is 4.14. The average Bonchev–Trinajstić information content (AvgIpc) is 3.13. The third kappa shape index (κ3) is 2.51. The summed E-state index contributed by atoms with van der Waals surface area (Å²) in [5, 5.41) is 21.0. The number of aryl methyl sites for hydroxylation is 2. The number of fused-ring (bicyclic) bond motifs is 3. The van der Waals surface area contributed by atoms with Gasteiger partial charge < -0.3 is 5.32 Å². The van der Waals surface area contributed by atoms with E-state index in [2.05, 4.69) is 26.6 Å². The maximum atomic E-state index is 13.0. The van der Waals surface area contributed by atoms with E-state index in [0.29, 0.717) is 12.1 Å². The predicted octanol–water partition coefficient (Wildman–Crippen LogP) is 4.41. The Bertz CT molecular complexity index is 1130. The van der Waals surface area contributed by atoms with Crippen molar-refractivity contribution >= 4 is 37.6 Å². The van der Waals surface area contributed by atoms with Gasteiger partial charge >= 0.3 is 0 Å². The smallest absolute Gasteiger partial charge is 0.166 e. The van der Waals surface area contributed by atoms with Crippen molar-refractivity contribution in [3.8, 4) is 6.07 Å². The molecule has 5 nitrogen and oxygen atoms in total. The molecule has 4 aromatic rings. The van der Waals surface area contributed by atoms with E-state index in [1.54, 1.807) is 23.5 Å². The van der Waals surface area contributed by atoms with Crippen molar-refractivity contribution in [2.45, 2.75) is 20.4 Å².